The second-order valence-corrected chi connectivity index (χ2v) is 12.1. The second kappa shape index (κ2) is 12.3. The highest BCUT2D eigenvalue weighted by atomic mass is 79.9. The van der Waals surface area contributed by atoms with E-state index in [1.54, 1.807) is 44.8 Å². The zero-order chi connectivity index (χ0) is 31.0. The first-order valence-corrected chi connectivity index (χ1v) is 15.7. The molecule has 10 heteroatoms. The van der Waals surface area contributed by atoms with Crippen molar-refractivity contribution < 1.29 is 19.0 Å². The number of carbonyl (C=O) groups excluding carboxylic acids is 1. The highest BCUT2D eigenvalue weighted by molar-refractivity contribution is 9.10. The molecule has 1 aliphatic rings. The van der Waals surface area contributed by atoms with Gasteiger partial charge >= 0.3 is 5.97 Å². The van der Waals surface area contributed by atoms with Gasteiger partial charge in [0.1, 0.15) is 0 Å². The second-order valence-electron chi connectivity index (χ2n) is 10.2. The van der Waals surface area contributed by atoms with Crippen LogP contribution in [-0.4, -0.2) is 35.9 Å². The van der Waals surface area contributed by atoms with Crippen LogP contribution in [0.25, 0.3) is 17.0 Å². The Morgan fingerprint density at radius 1 is 1.05 bits per heavy atom. The fourth-order valence-corrected chi connectivity index (χ4v) is 7.18. The number of allylic oxidation sites excluding steroid dienone is 1. The van der Waals surface area contributed by atoms with Crippen LogP contribution < -0.4 is 24.4 Å². The van der Waals surface area contributed by atoms with Crippen molar-refractivity contribution in [1.82, 2.24) is 9.13 Å². The maximum absolute atomic E-state index is 14.3. The summed E-state index contributed by atoms with van der Waals surface area (Å²) in [6.45, 7) is 4.40. The van der Waals surface area contributed by atoms with Crippen molar-refractivity contribution in [2.45, 2.75) is 26.4 Å². The summed E-state index contributed by atoms with van der Waals surface area (Å²) >= 11 is 4.95. The molecule has 0 aliphatic carbocycles. The van der Waals surface area contributed by atoms with Gasteiger partial charge in [-0.3, -0.25) is 9.36 Å². The molecule has 0 unspecified atom stereocenters. The summed E-state index contributed by atoms with van der Waals surface area (Å²) < 4.78 is 21.4. The predicted octanol–water partition coefficient (Wildman–Crippen LogP) is 5.58. The molecule has 2 aromatic heterocycles. The van der Waals surface area contributed by atoms with Gasteiger partial charge < -0.3 is 18.8 Å². The third-order valence-electron chi connectivity index (χ3n) is 7.62. The van der Waals surface area contributed by atoms with Gasteiger partial charge in [-0.1, -0.05) is 75.8 Å². The van der Waals surface area contributed by atoms with E-state index in [-0.39, 0.29) is 17.7 Å². The monoisotopic (exact) mass is 671 g/mol. The Labute approximate surface area is 266 Å². The van der Waals surface area contributed by atoms with E-state index in [1.807, 2.05) is 36.4 Å². The maximum Gasteiger partial charge on any atom is 0.338 e. The number of aromatic nitrogens is 2. The van der Waals surface area contributed by atoms with E-state index in [0.717, 1.165) is 16.5 Å². The van der Waals surface area contributed by atoms with Crippen LogP contribution >= 0.6 is 27.3 Å². The molecule has 0 saturated carbocycles. The molecule has 224 valence electrons. The minimum Gasteiger partial charge on any atom is -0.493 e. The van der Waals surface area contributed by atoms with Crippen molar-refractivity contribution in [3.63, 3.8) is 0 Å². The molecule has 0 fully saturated rings. The molecule has 0 amide bonds. The van der Waals surface area contributed by atoms with E-state index < -0.39 is 12.0 Å². The topological polar surface area (TPSA) is 84.1 Å². The van der Waals surface area contributed by atoms with Crippen molar-refractivity contribution in [3.8, 4) is 11.5 Å². The lowest BCUT2D eigenvalue weighted by atomic mass is 9.95. The molecule has 6 rings (SSSR count). The van der Waals surface area contributed by atoms with Crippen molar-refractivity contribution in [2.24, 2.45) is 4.99 Å². The fraction of sp³-hybridized carbons (Fsp3) is 0.206. The first kappa shape index (κ1) is 29.7. The van der Waals surface area contributed by atoms with Crippen LogP contribution in [-0.2, 0) is 16.1 Å². The Bertz CT molecular complexity index is 2110. The Hall–Kier alpha value is -4.41. The molecule has 8 nitrogen and oxygen atoms in total. The van der Waals surface area contributed by atoms with Crippen LogP contribution in [0, 0.1) is 0 Å². The predicted molar refractivity (Wildman–Crippen MR) is 175 cm³/mol. The molecule has 0 saturated heterocycles. The van der Waals surface area contributed by atoms with Crippen molar-refractivity contribution in [1.29, 1.82) is 0 Å². The summed E-state index contributed by atoms with van der Waals surface area (Å²) in [6, 6.07) is 21.2. The number of nitrogens with zero attached hydrogens (tertiary/aromatic N) is 3. The van der Waals surface area contributed by atoms with Crippen molar-refractivity contribution in [3.05, 3.63) is 125 Å². The third kappa shape index (κ3) is 5.28. The number of para-hydroxylation sites is 1. The van der Waals surface area contributed by atoms with E-state index in [9.17, 15) is 9.59 Å². The summed E-state index contributed by atoms with van der Waals surface area (Å²) in [6.07, 6.45) is 3.99. The number of thiazole rings is 1. The maximum atomic E-state index is 14.3. The number of carbonyl (C=O) groups is 1. The molecule has 3 heterocycles. The van der Waals surface area contributed by atoms with Gasteiger partial charge in [0, 0.05) is 33.7 Å². The van der Waals surface area contributed by atoms with Gasteiger partial charge in [-0.15, -0.1) is 0 Å². The Morgan fingerprint density at radius 2 is 1.75 bits per heavy atom. The van der Waals surface area contributed by atoms with Crippen LogP contribution in [0.3, 0.4) is 0 Å². The lowest BCUT2D eigenvalue weighted by Crippen LogP contribution is -2.40. The van der Waals surface area contributed by atoms with Crippen molar-refractivity contribution in [2.75, 3.05) is 20.8 Å². The Morgan fingerprint density at radius 3 is 2.48 bits per heavy atom. The molecule has 44 heavy (non-hydrogen) atoms. The summed E-state index contributed by atoms with van der Waals surface area (Å²) in [4.78, 5) is 32.9. The fourth-order valence-electron chi connectivity index (χ4n) is 5.61. The molecule has 0 bridgehead atoms. The number of ether oxygens (including phenoxy) is 3. The number of fused-ring (bicyclic) bond motifs is 2. The van der Waals surface area contributed by atoms with E-state index in [2.05, 4.69) is 51.0 Å². The van der Waals surface area contributed by atoms with Crippen LogP contribution in [0.2, 0.25) is 0 Å². The quantitative estimate of drug-likeness (QED) is 0.201. The van der Waals surface area contributed by atoms with Crippen LogP contribution in [0.15, 0.2) is 98.5 Å². The van der Waals surface area contributed by atoms with E-state index in [4.69, 9.17) is 19.2 Å². The van der Waals surface area contributed by atoms with E-state index in [0.29, 0.717) is 43.1 Å². The molecule has 0 N–H and O–H groups in total. The standard InChI is InChI=1S/C34H30BrN3O5S/c1-5-43-33(40)30-20(2)36-34-38(31(30)24-16-27(41-3)28(42-4)17-25(24)35)32(39)29(44-34)15-22-19-37(18-21-11-7-6-8-12-21)26-14-10-9-13-23(22)26/h6-17,19,31H,5,18H2,1-4H3/b29-15-/t31-/m1/s1. The largest absolute Gasteiger partial charge is 0.493 e. The highest BCUT2D eigenvalue weighted by Gasteiger charge is 2.35. The summed E-state index contributed by atoms with van der Waals surface area (Å²) in [5.74, 6) is 0.455. The SMILES string of the molecule is CCOC(=O)C1=C(C)N=c2s/c(=C\c3cn(Cc4ccccc4)c4ccccc34)c(=O)n2[C@@H]1c1cc(OC)c(OC)cc1Br. The smallest absolute Gasteiger partial charge is 0.338 e. The molecule has 1 atom stereocenters. The molecular weight excluding hydrogens is 642 g/mol. The van der Waals surface area contributed by atoms with Gasteiger partial charge in [0.2, 0.25) is 0 Å². The van der Waals surface area contributed by atoms with Gasteiger partial charge in [-0.05, 0) is 49.2 Å². The number of methoxy groups -OCH3 is 2. The zero-order valence-corrected chi connectivity index (χ0v) is 27.1. The molecular formula is C34H30BrN3O5S. The van der Waals surface area contributed by atoms with Gasteiger partial charge in [0.25, 0.3) is 5.56 Å². The molecule has 0 spiro atoms. The Kier molecular flexibility index (Phi) is 8.29. The lowest BCUT2D eigenvalue weighted by molar-refractivity contribution is -0.139. The molecule has 3 aromatic carbocycles. The number of hydrogen-bond donors (Lipinski definition) is 0. The van der Waals surface area contributed by atoms with Gasteiger partial charge in [-0.2, -0.15) is 0 Å². The first-order chi connectivity index (χ1) is 21.3. The number of esters is 1. The summed E-state index contributed by atoms with van der Waals surface area (Å²) in [7, 11) is 3.10. The number of benzene rings is 3. The average molecular weight is 673 g/mol. The van der Waals surface area contributed by atoms with Gasteiger partial charge in [0.15, 0.2) is 16.3 Å². The zero-order valence-electron chi connectivity index (χ0n) is 24.7. The lowest BCUT2D eigenvalue weighted by Gasteiger charge is -2.26. The normalized spacial score (nSPS) is 14.8. The van der Waals surface area contributed by atoms with Gasteiger partial charge in [-0.25, -0.2) is 9.79 Å². The molecule has 1 aliphatic heterocycles. The number of halogens is 1. The molecule has 5 aromatic rings. The number of hydrogen-bond acceptors (Lipinski definition) is 7. The average Bonchev–Trinajstić information content (AvgIpc) is 3.53. The summed E-state index contributed by atoms with van der Waals surface area (Å²) in [5, 5.41) is 1.04. The van der Waals surface area contributed by atoms with Crippen LogP contribution in [0.5, 0.6) is 11.5 Å². The van der Waals surface area contributed by atoms with Gasteiger partial charge in [0.05, 0.1) is 42.7 Å². The minimum atomic E-state index is -0.805. The minimum absolute atomic E-state index is 0.187. The summed E-state index contributed by atoms with van der Waals surface area (Å²) in [5.41, 5.74) is 4.35. The Balaban J connectivity index is 1.55. The van der Waals surface area contributed by atoms with Crippen molar-refractivity contribution >= 4 is 50.2 Å². The van der Waals surface area contributed by atoms with E-state index >= 15 is 0 Å². The van der Waals surface area contributed by atoms with E-state index in [1.165, 1.54) is 16.9 Å². The third-order valence-corrected chi connectivity index (χ3v) is 9.29. The molecule has 0 radical (unpaired) electrons. The number of rotatable bonds is 8. The first-order valence-electron chi connectivity index (χ1n) is 14.1. The van der Waals surface area contributed by atoms with Crippen LogP contribution in [0.1, 0.15) is 36.6 Å². The van der Waals surface area contributed by atoms with Crippen LogP contribution in [0.4, 0.5) is 0 Å². The highest BCUT2D eigenvalue weighted by Crippen LogP contribution is 2.40.